The zero-order valence-corrected chi connectivity index (χ0v) is 15.3. The summed E-state index contributed by atoms with van der Waals surface area (Å²) in [6.07, 6.45) is 8.26. The van der Waals surface area contributed by atoms with Crippen molar-refractivity contribution in [3.05, 3.63) is 29.6 Å². The molecule has 7 heteroatoms. The molecule has 0 radical (unpaired) electrons. The number of hydrogen-bond donors (Lipinski definition) is 0. The average Bonchev–Trinajstić information content (AvgIpc) is 2.69. The van der Waals surface area contributed by atoms with Gasteiger partial charge in [-0.3, -0.25) is 4.79 Å². The maximum Gasteiger partial charge on any atom is 0.256 e. The second-order valence-electron chi connectivity index (χ2n) is 7.32. The fourth-order valence-electron chi connectivity index (χ4n) is 3.90. The van der Waals surface area contributed by atoms with Gasteiger partial charge in [0.15, 0.2) is 0 Å². The van der Waals surface area contributed by atoms with Gasteiger partial charge in [-0.15, -0.1) is 0 Å². The van der Waals surface area contributed by atoms with Crippen LogP contribution in [0.15, 0.2) is 24.0 Å². The van der Waals surface area contributed by atoms with Crippen molar-refractivity contribution in [2.45, 2.75) is 31.8 Å². The molecule has 3 aliphatic heterocycles. The van der Waals surface area contributed by atoms with Gasteiger partial charge in [0.1, 0.15) is 0 Å². The van der Waals surface area contributed by atoms with Crippen molar-refractivity contribution in [3.8, 4) is 0 Å². The Balaban J connectivity index is 1.38. The van der Waals surface area contributed by atoms with Gasteiger partial charge >= 0.3 is 0 Å². The van der Waals surface area contributed by atoms with Gasteiger partial charge in [-0.1, -0.05) is 11.6 Å². The molecule has 26 heavy (non-hydrogen) atoms. The Labute approximate surface area is 154 Å². The monoisotopic (exact) mass is 358 g/mol. The van der Waals surface area contributed by atoms with E-state index in [1.54, 1.807) is 12.4 Å². The number of carbonyl (C=O) groups is 1. The Kier molecular flexibility index (Phi) is 4.91. The maximum atomic E-state index is 12.8. The minimum absolute atomic E-state index is 0.00453. The minimum Gasteiger partial charge on any atom is -0.378 e. The van der Waals surface area contributed by atoms with Gasteiger partial charge in [0, 0.05) is 38.6 Å². The number of morpholine rings is 1. The van der Waals surface area contributed by atoms with E-state index < -0.39 is 0 Å². The van der Waals surface area contributed by atoms with Crippen LogP contribution in [0.2, 0.25) is 0 Å². The van der Waals surface area contributed by atoms with Gasteiger partial charge in [-0.05, 0) is 26.2 Å². The van der Waals surface area contributed by atoms with Gasteiger partial charge in [-0.2, -0.15) is 0 Å². The van der Waals surface area contributed by atoms with Gasteiger partial charge in [-0.25, -0.2) is 9.97 Å². The van der Waals surface area contributed by atoms with Crippen LogP contribution in [-0.2, 0) is 9.47 Å². The lowest BCUT2D eigenvalue weighted by Crippen LogP contribution is -2.48. The van der Waals surface area contributed by atoms with Crippen LogP contribution in [-0.4, -0.2) is 72.4 Å². The smallest absolute Gasteiger partial charge is 0.256 e. The van der Waals surface area contributed by atoms with Crippen LogP contribution in [0.5, 0.6) is 0 Å². The normalized spacial score (nSPS) is 23.0. The first-order chi connectivity index (χ1) is 12.7. The fourth-order valence-corrected chi connectivity index (χ4v) is 3.90. The van der Waals surface area contributed by atoms with E-state index in [2.05, 4.69) is 27.9 Å². The molecule has 1 amide bonds. The number of amides is 1. The summed E-state index contributed by atoms with van der Waals surface area (Å²) in [4.78, 5) is 25.5. The van der Waals surface area contributed by atoms with Crippen molar-refractivity contribution in [2.24, 2.45) is 0 Å². The second-order valence-corrected chi connectivity index (χ2v) is 7.32. The molecule has 7 nitrogen and oxygen atoms in total. The molecule has 1 aromatic rings. The fraction of sp³-hybridized carbons (Fsp3) is 0.632. The number of carbonyl (C=O) groups excluding carboxylic acids is 1. The molecule has 4 rings (SSSR count). The highest BCUT2D eigenvalue weighted by atomic mass is 16.5. The van der Waals surface area contributed by atoms with Crippen molar-refractivity contribution >= 4 is 11.9 Å². The molecular formula is C19H26N4O3. The van der Waals surface area contributed by atoms with Crippen LogP contribution < -0.4 is 4.90 Å². The molecule has 0 unspecified atom stereocenters. The molecule has 3 aliphatic rings. The highest BCUT2D eigenvalue weighted by Crippen LogP contribution is 2.33. The molecule has 0 atom stereocenters. The maximum absolute atomic E-state index is 12.8. The van der Waals surface area contributed by atoms with Crippen molar-refractivity contribution in [3.63, 3.8) is 0 Å². The van der Waals surface area contributed by atoms with Crippen LogP contribution >= 0.6 is 0 Å². The number of anilines is 1. The van der Waals surface area contributed by atoms with Gasteiger partial charge in [0.05, 0.1) is 31.0 Å². The Morgan fingerprint density at radius 1 is 1.08 bits per heavy atom. The molecule has 1 spiro atoms. The zero-order valence-electron chi connectivity index (χ0n) is 15.3. The highest BCUT2D eigenvalue weighted by Gasteiger charge is 2.37. The van der Waals surface area contributed by atoms with E-state index in [1.807, 2.05) is 4.90 Å². The van der Waals surface area contributed by atoms with Crippen molar-refractivity contribution in [1.82, 2.24) is 14.9 Å². The number of rotatable bonds is 2. The van der Waals surface area contributed by atoms with E-state index in [0.717, 1.165) is 39.0 Å². The van der Waals surface area contributed by atoms with Crippen molar-refractivity contribution < 1.29 is 14.3 Å². The molecule has 1 aromatic heterocycles. The molecule has 0 aliphatic carbocycles. The molecule has 0 bridgehead atoms. The summed E-state index contributed by atoms with van der Waals surface area (Å²) in [6.45, 7) is 7.30. The van der Waals surface area contributed by atoms with E-state index in [1.165, 1.54) is 5.57 Å². The van der Waals surface area contributed by atoms with E-state index in [-0.39, 0.29) is 11.5 Å². The summed E-state index contributed by atoms with van der Waals surface area (Å²) in [6, 6.07) is 0. The summed E-state index contributed by atoms with van der Waals surface area (Å²) < 4.78 is 11.4. The Bertz CT molecular complexity index is 675. The second kappa shape index (κ2) is 7.32. The molecule has 2 saturated heterocycles. The summed E-state index contributed by atoms with van der Waals surface area (Å²) in [7, 11) is 0. The molecular weight excluding hydrogens is 332 g/mol. The van der Waals surface area contributed by atoms with Crippen LogP contribution in [0.25, 0.3) is 0 Å². The Morgan fingerprint density at radius 2 is 1.77 bits per heavy atom. The van der Waals surface area contributed by atoms with Crippen LogP contribution in [0.1, 0.15) is 36.5 Å². The van der Waals surface area contributed by atoms with Crippen molar-refractivity contribution in [1.29, 1.82) is 0 Å². The first-order valence-electron chi connectivity index (χ1n) is 9.42. The standard InChI is InChI=1S/C19H26N4O3/c1-15-2-9-26-19(12-15)3-5-22(6-4-19)17(24)16-13-20-18(21-14-16)23-7-10-25-11-8-23/h12-14H,2-11H2,1H3. The Hall–Kier alpha value is -1.99. The summed E-state index contributed by atoms with van der Waals surface area (Å²) in [5.41, 5.74) is 1.77. The van der Waals surface area contributed by atoms with E-state index in [0.29, 0.717) is 37.8 Å². The van der Waals surface area contributed by atoms with Crippen LogP contribution in [0, 0.1) is 0 Å². The van der Waals surface area contributed by atoms with E-state index in [4.69, 9.17) is 9.47 Å². The lowest BCUT2D eigenvalue weighted by molar-refractivity contribution is -0.0522. The topological polar surface area (TPSA) is 67.8 Å². The van der Waals surface area contributed by atoms with Gasteiger partial charge < -0.3 is 19.3 Å². The third kappa shape index (κ3) is 3.59. The quantitative estimate of drug-likeness (QED) is 0.749. The molecule has 0 saturated carbocycles. The molecule has 0 aromatic carbocycles. The first kappa shape index (κ1) is 17.4. The van der Waals surface area contributed by atoms with Crippen molar-refractivity contribution in [2.75, 3.05) is 50.9 Å². The number of piperidine rings is 1. The van der Waals surface area contributed by atoms with Crippen LogP contribution in [0.4, 0.5) is 5.95 Å². The third-order valence-electron chi connectivity index (χ3n) is 5.47. The third-order valence-corrected chi connectivity index (χ3v) is 5.47. The first-order valence-corrected chi connectivity index (χ1v) is 9.42. The van der Waals surface area contributed by atoms with Crippen LogP contribution in [0.3, 0.4) is 0 Å². The number of ether oxygens (including phenoxy) is 2. The SMILES string of the molecule is CC1=CC2(CCN(C(=O)c3cnc(N4CCOCC4)nc3)CC2)OCC1. The Morgan fingerprint density at radius 3 is 2.42 bits per heavy atom. The molecule has 0 N–H and O–H groups in total. The highest BCUT2D eigenvalue weighted by molar-refractivity contribution is 5.93. The lowest BCUT2D eigenvalue weighted by atomic mass is 9.87. The number of aromatic nitrogens is 2. The summed E-state index contributed by atoms with van der Waals surface area (Å²) in [5, 5.41) is 0. The van der Waals surface area contributed by atoms with Gasteiger partial charge in [0.25, 0.3) is 5.91 Å². The predicted octanol–water partition coefficient (Wildman–Crippen LogP) is 1.65. The molecule has 2 fully saturated rings. The minimum atomic E-state index is -0.171. The number of nitrogens with zero attached hydrogens (tertiary/aromatic N) is 4. The zero-order chi connectivity index (χ0) is 18.0. The number of likely N-dealkylation sites (tertiary alicyclic amines) is 1. The lowest BCUT2D eigenvalue weighted by Gasteiger charge is -2.42. The summed E-state index contributed by atoms with van der Waals surface area (Å²) in [5.74, 6) is 0.670. The van der Waals surface area contributed by atoms with E-state index >= 15 is 0 Å². The predicted molar refractivity (Wildman–Crippen MR) is 97.3 cm³/mol. The van der Waals surface area contributed by atoms with E-state index in [9.17, 15) is 4.79 Å². The summed E-state index contributed by atoms with van der Waals surface area (Å²) >= 11 is 0. The molecule has 4 heterocycles. The van der Waals surface area contributed by atoms with Gasteiger partial charge in [0.2, 0.25) is 5.95 Å². The number of hydrogen-bond acceptors (Lipinski definition) is 6. The largest absolute Gasteiger partial charge is 0.378 e. The average molecular weight is 358 g/mol. The molecule has 140 valence electrons.